The number of aliphatic carboxylic acids is 1. The molecule has 1 aliphatic rings. The monoisotopic (exact) mass is 382 g/mol. The molecule has 144 valence electrons. The Labute approximate surface area is 154 Å². The fourth-order valence-corrected chi connectivity index (χ4v) is 4.47. The molecule has 0 radical (unpaired) electrons. The molecule has 1 atom stereocenters. The van der Waals surface area contributed by atoms with Gasteiger partial charge >= 0.3 is 5.97 Å². The molecule has 2 rings (SSSR count). The van der Waals surface area contributed by atoms with Gasteiger partial charge in [-0.3, -0.25) is 4.79 Å². The van der Waals surface area contributed by atoms with Crippen LogP contribution < -0.4 is 0 Å². The van der Waals surface area contributed by atoms with Gasteiger partial charge in [0.15, 0.2) is 0 Å². The van der Waals surface area contributed by atoms with Gasteiger partial charge in [0.2, 0.25) is 10.0 Å². The molecule has 1 N–H and O–H groups in total. The van der Waals surface area contributed by atoms with Crippen molar-refractivity contribution in [3.63, 3.8) is 0 Å². The van der Waals surface area contributed by atoms with Gasteiger partial charge in [0.25, 0.3) is 5.91 Å². The smallest absolute Gasteiger partial charge is 0.329 e. The summed E-state index contributed by atoms with van der Waals surface area (Å²) in [5.74, 6) is -1.27. The number of likely N-dealkylation sites (N-methyl/N-ethyl adjacent to an activating group) is 1. The first kappa shape index (κ1) is 20.4. The van der Waals surface area contributed by atoms with Gasteiger partial charge in [0, 0.05) is 25.7 Å². The number of rotatable bonds is 5. The number of carboxylic acids is 1. The zero-order valence-electron chi connectivity index (χ0n) is 15.6. The van der Waals surface area contributed by atoms with E-state index in [1.165, 1.54) is 49.5 Å². The van der Waals surface area contributed by atoms with Gasteiger partial charge < -0.3 is 10.0 Å². The Morgan fingerprint density at radius 2 is 1.81 bits per heavy atom. The number of sulfonamides is 1. The van der Waals surface area contributed by atoms with E-state index in [0.717, 1.165) is 17.7 Å². The Bertz CT molecular complexity index is 786. The van der Waals surface area contributed by atoms with Crippen LogP contribution in [0.2, 0.25) is 0 Å². The first-order valence-corrected chi connectivity index (χ1v) is 10.0. The minimum atomic E-state index is -3.59. The van der Waals surface area contributed by atoms with Crippen molar-refractivity contribution in [2.24, 2.45) is 5.92 Å². The molecule has 1 aromatic rings. The molecule has 1 heterocycles. The first-order chi connectivity index (χ1) is 12.0. The SMILES string of the molecule is CC1CCCN(S(=O)(=O)c2ccc(C(=O)N(C)C(C)(C)C(=O)O)cc2)C1. The number of hydrogen-bond donors (Lipinski definition) is 1. The molecular weight excluding hydrogens is 356 g/mol. The number of benzene rings is 1. The predicted octanol–water partition coefficient (Wildman–Crippen LogP) is 2.04. The summed E-state index contributed by atoms with van der Waals surface area (Å²) in [6.07, 6.45) is 1.86. The number of carbonyl (C=O) groups excluding carboxylic acids is 1. The fraction of sp³-hybridized carbons (Fsp3) is 0.556. The van der Waals surface area contributed by atoms with Crippen LogP contribution in [-0.2, 0) is 14.8 Å². The van der Waals surface area contributed by atoms with Crippen molar-refractivity contribution < 1.29 is 23.1 Å². The van der Waals surface area contributed by atoms with Gasteiger partial charge in [0.1, 0.15) is 5.54 Å². The quantitative estimate of drug-likeness (QED) is 0.841. The summed E-state index contributed by atoms with van der Waals surface area (Å²) < 4.78 is 27.0. The van der Waals surface area contributed by atoms with Gasteiger partial charge in [-0.1, -0.05) is 6.92 Å². The lowest BCUT2D eigenvalue weighted by atomic mass is 10.0. The van der Waals surface area contributed by atoms with Crippen LogP contribution in [0, 0.1) is 5.92 Å². The Balaban J connectivity index is 2.22. The molecule has 1 amide bonds. The lowest BCUT2D eigenvalue weighted by Gasteiger charge is -2.32. The molecule has 1 unspecified atom stereocenters. The van der Waals surface area contributed by atoms with Crippen LogP contribution in [0.15, 0.2) is 29.2 Å². The van der Waals surface area contributed by atoms with Crippen LogP contribution in [0.5, 0.6) is 0 Å². The molecular formula is C18H26N2O5S. The third kappa shape index (κ3) is 3.91. The second-order valence-electron chi connectivity index (χ2n) is 7.36. The van der Waals surface area contributed by atoms with Crippen molar-refractivity contribution in [2.45, 2.75) is 44.0 Å². The van der Waals surface area contributed by atoms with E-state index in [4.69, 9.17) is 0 Å². The van der Waals surface area contributed by atoms with Crippen LogP contribution in [0.1, 0.15) is 44.0 Å². The van der Waals surface area contributed by atoms with E-state index in [0.29, 0.717) is 19.0 Å². The highest BCUT2D eigenvalue weighted by atomic mass is 32.2. The highest BCUT2D eigenvalue weighted by molar-refractivity contribution is 7.89. The van der Waals surface area contributed by atoms with Crippen LogP contribution in [-0.4, -0.2) is 60.3 Å². The third-order valence-corrected chi connectivity index (χ3v) is 6.90. The van der Waals surface area contributed by atoms with Crippen molar-refractivity contribution >= 4 is 21.9 Å². The van der Waals surface area contributed by atoms with Crippen molar-refractivity contribution in [3.8, 4) is 0 Å². The predicted molar refractivity (Wildman–Crippen MR) is 97.4 cm³/mol. The molecule has 0 bridgehead atoms. The van der Waals surface area contributed by atoms with Gasteiger partial charge in [-0.25, -0.2) is 13.2 Å². The summed E-state index contributed by atoms with van der Waals surface area (Å²) in [7, 11) is -2.17. The number of carboxylic acid groups (broad SMARTS) is 1. The van der Waals surface area contributed by atoms with E-state index >= 15 is 0 Å². The van der Waals surface area contributed by atoms with Crippen molar-refractivity contribution in [2.75, 3.05) is 20.1 Å². The highest BCUT2D eigenvalue weighted by Crippen LogP contribution is 2.24. The Kier molecular flexibility index (Phi) is 5.77. The fourth-order valence-electron chi connectivity index (χ4n) is 2.87. The molecule has 8 heteroatoms. The van der Waals surface area contributed by atoms with Crippen molar-refractivity contribution in [1.82, 2.24) is 9.21 Å². The minimum absolute atomic E-state index is 0.142. The standard InChI is InChI=1S/C18H26N2O5S/c1-13-6-5-11-20(12-13)26(24,25)15-9-7-14(8-10-15)16(21)19(4)18(2,3)17(22)23/h7-10,13H,5-6,11-12H2,1-4H3,(H,22,23). The van der Waals surface area contributed by atoms with Crippen LogP contribution >= 0.6 is 0 Å². The van der Waals surface area contributed by atoms with Crippen molar-refractivity contribution in [3.05, 3.63) is 29.8 Å². The molecule has 1 aromatic carbocycles. The summed E-state index contributed by atoms with van der Waals surface area (Å²) in [5.41, 5.74) is -1.13. The molecule has 0 saturated carbocycles. The summed E-state index contributed by atoms with van der Waals surface area (Å²) in [5, 5.41) is 9.25. The summed E-state index contributed by atoms with van der Waals surface area (Å²) >= 11 is 0. The molecule has 0 aromatic heterocycles. The number of amides is 1. The number of hydrogen-bond acceptors (Lipinski definition) is 4. The highest BCUT2D eigenvalue weighted by Gasteiger charge is 2.36. The van der Waals surface area contributed by atoms with Crippen LogP contribution in [0.25, 0.3) is 0 Å². The molecule has 26 heavy (non-hydrogen) atoms. The van der Waals surface area contributed by atoms with Crippen molar-refractivity contribution in [1.29, 1.82) is 0 Å². The summed E-state index contributed by atoms with van der Waals surface area (Å²) in [6.45, 7) is 5.90. The van der Waals surface area contributed by atoms with Gasteiger partial charge in [-0.2, -0.15) is 4.31 Å². The maximum absolute atomic E-state index is 12.7. The van der Waals surface area contributed by atoms with E-state index in [-0.39, 0.29) is 10.5 Å². The normalized spacial score (nSPS) is 19.2. The molecule has 1 aliphatic heterocycles. The molecule has 0 aliphatic carbocycles. The molecule has 7 nitrogen and oxygen atoms in total. The average molecular weight is 382 g/mol. The molecule has 1 saturated heterocycles. The van der Waals surface area contributed by atoms with E-state index in [1.807, 2.05) is 6.92 Å². The topological polar surface area (TPSA) is 95.0 Å². The zero-order valence-corrected chi connectivity index (χ0v) is 16.4. The second-order valence-corrected chi connectivity index (χ2v) is 9.30. The number of nitrogens with zero attached hydrogens (tertiary/aromatic N) is 2. The van der Waals surface area contributed by atoms with Crippen LogP contribution in [0.4, 0.5) is 0 Å². The zero-order chi connectivity index (χ0) is 19.7. The maximum atomic E-state index is 12.7. The summed E-state index contributed by atoms with van der Waals surface area (Å²) in [6, 6.07) is 5.67. The van der Waals surface area contributed by atoms with Gasteiger partial charge in [0.05, 0.1) is 4.90 Å². The Morgan fingerprint density at radius 3 is 2.31 bits per heavy atom. The lowest BCUT2D eigenvalue weighted by Crippen LogP contribution is -2.50. The Morgan fingerprint density at radius 1 is 1.23 bits per heavy atom. The molecule has 1 fully saturated rings. The van der Waals surface area contributed by atoms with Crippen LogP contribution in [0.3, 0.4) is 0 Å². The number of piperidine rings is 1. The maximum Gasteiger partial charge on any atom is 0.329 e. The van der Waals surface area contributed by atoms with Gasteiger partial charge in [-0.05, 0) is 56.9 Å². The largest absolute Gasteiger partial charge is 0.480 e. The third-order valence-electron chi connectivity index (χ3n) is 5.03. The first-order valence-electron chi connectivity index (χ1n) is 8.59. The summed E-state index contributed by atoms with van der Waals surface area (Å²) in [4.78, 5) is 25.1. The molecule has 0 spiro atoms. The van der Waals surface area contributed by atoms with E-state index in [2.05, 4.69) is 0 Å². The van der Waals surface area contributed by atoms with E-state index in [9.17, 15) is 23.1 Å². The number of carbonyl (C=O) groups is 2. The average Bonchev–Trinajstić information content (AvgIpc) is 2.60. The lowest BCUT2D eigenvalue weighted by molar-refractivity contribution is -0.147. The van der Waals surface area contributed by atoms with E-state index < -0.39 is 27.4 Å². The van der Waals surface area contributed by atoms with Gasteiger partial charge in [-0.15, -0.1) is 0 Å². The van der Waals surface area contributed by atoms with E-state index in [1.54, 1.807) is 0 Å². The minimum Gasteiger partial charge on any atom is -0.480 e. The Hall–Kier alpha value is -1.93. The second kappa shape index (κ2) is 7.36.